The maximum atomic E-state index is 6.20. The fourth-order valence-corrected chi connectivity index (χ4v) is 3.12. The molecule has 2 nitrogen and oxygen atoms in total. The lowest BCUT2D eigenvalue weighted by Gasteiger charge is -2.10. The molecule has 2 aromatic rings. The van der Waals surface area contributed by atoms with Crippen molar-refractivity contribution >= 4 is 35.0 Å². The van der Waals surface area contributed by atoms with Crippen LogP contribution in [0.25, 0.3) is 0 Å². The molecule has 0 saturated carbocycles. The van der Waals surface area contributed by atoms with E-state index in [1.807, 2.05) is 18.2 Å². The summed E-state index contributed by atoms with van der Waals surface area (Å²) in [7, 11) is 0. The molecule has 106 valence electrons. The van der Waals surface area contributed by atoms with Crippen LogP contribution in [0.3, 0.4) is 0 Å². The molecular formula is C15H16Cl2N2S. The molecule has 5 heteroatoms. The molecule has 1 heterocycles. The van der Waals surface area contributed by atoms with E-state index >= 15 is 0 Å². The van der Waals surface area contributed by atoms with Crippen molar-refractivity contribution in [1.82, 2.24) is 10.3 Å². The molecule has 1 N–H and O–H groups in total. The third-order valence-electron chi connectivity index (χ3n) is 2.69. The van der Waals surface area contributed by atoms with Crippen LogP contribution in [0.1, 0.15) is 18.9 Å². The van der Waals surface area contributed by atoms with Gasteiger partial charge in [-0.1, -0.05) is 48.0 Å². The van der Waals surface area contributed by atoms with E-state index in [1.54, 1.807) is 24.0 Å². The summed E-state index contributed by atoms with van der Waals surface area (Å²) in [6.07, 6.45) is 2.91. The van der Waals surface area contributed by atoms with Gasteiger partial charge in [-0.2, -0.15) is 0 Å². The van der Waals surface area contributed by atoms with Crippen LogP contribution in [-0.4, -0.2) is 11.5 Å². The highest BCUT2D eigenvalue weighted by Crippen LogP contribution is 2.35. The molecule has 1 aromatic carbocycles. The van der Waals surface area contributed by atoms with Crippen molar-refractivity contribution in [2.75, 3.05) is 6.54 Å². The van der Waals surface area contributed by atoms with Gasteiger partial charge in [0.05, 0.1) is 5.02 Å². The molecule has 0 radical (unpaired) electrons. The minimum Gasteiger partial charge on any atom is -0.313 e. The van der Waals surface area contributed by atoms with Crippen molar-refractivity contribution in [3.05, 3.63) is 52.1 Å². The van der Waals surface area contributed by atoms with E-state index < -0.39 is 0 Å². The number of hydrogen-bond donors (Lipinski definition) is 1. The standard InChI is InChI=1S/C15H16Cl2N2S/c1-2-7-18-10-11-4-3-8-19-15(11)20-14-9-12(16)5-6-13(14)17/h3-6,8-9,18H,2,7,10H2,1H3. The van der Waals surface area contributed by atoms with Gasteiger partial charge in [-0.3, -0.25) is 0 Å². The number of benzene rings is 1. The molecule has 0 aliphatic heterocycles. The first-order chi connectivity index (χ1) is 9.70. The Balaban J connectivity index is 2.18. The molecule has 0 amide bonds. The van der Waals surface area contributed by atoms with Gasteiger partial charge in [-0.05, 0) is 42.8 Å². The molecule has 1 aromatic heterocycles. The van der Waals surface area contributed by atoms with Crippen LogP contribution in [0.5, 0.6) is 0 Å². The zero-order chi connectivity index (χ0) is 14.4. The van der Waals surface area contributed by atoms with Crippen molar-refractivity contribution in [3.8, 4) is 0 Å². The third kappa shape index (κ3) is 4.38. The van der Waals surface area contributed by atoms with Crippen molar-refractivity contribution < 1.29 is 0 Å². The van der Waals surface area contributed by atoms with Gasteiger partial charge in [0.25, 0.3) is 0 Å². The van der Waals surface area contributed by atoms with Crippen LogP contribution in [0.15, 0.2) is 46.5 Å². The van der Waals surface area contributed by atoms with Gasteiger partial charge in [-0.15, -0.1) is 0 Å². The van der Waals surface area contributed by atoms with Crippen LogP contribution >= 0.6 is 35.0 Å². The Morgan fingerprint density at radius 1 is 1.25 bits per heavy atom. The second-order valence-corrected chi connectivity index (χ2v) is 6.20. The molecule has 0 fully saturated rings. The van der Waals surface area contributed by atoms with Crippen molar-refractivity contribution in [1.29, 1.82) is 0 Å². The molecule has 0 bridgehead atoms. The monoisotopic (exact) mass is 326 g/mol. The number of nitrogens with one attached hydrogen (secondary N) is 1. The largest absolute Gasteiger partial charge is 0.313 e. The van der Waals surface area contributed by atoms with Gasteiger partial charge in [0.15, 0.2) is 0 Å². The Morgan fingerprint density at radius 3 is 2.90 bits per heavy atom. The summed E-state index contributed by atoms with van der Waals surface area (Å²) >= 11 is 13.8. The summed E-state index contributed by atoms with van der Waals surface area (Å²) in [6, 6.07) is 9.50. The van der Waals surface area contributed by atoms with Crippen molar-refractivity contribution in [2.45, 2.75) is 29.8 Å². The van der Waals surface area contributed by atoms with Crippen LogP contribution < -0.4 is 5.32 Å². The van der Waals surface area contributed by atoms with Gasteiger partial charge in [0, 0.05) is 22.7 Å². The topological polar surface area (TPSA) is 24.9 Å². The Bertz CT molecular complexity index is 576. The zero-order valence-electron chi connectivity index (χ0n) is 11.2. The lowest BCUT2D eigenvalue weighted by molar-refractivity contribution is 0.665. The third-order valence-corrected chi connectivity index (χ3v) is 4.49. The number of aromatic nitrogens is 1. The van der Waals surface area contributed by atoms with Gasteiger partial charge in [0.2, 0.25) is 0 Å². The quantitative estimate of drug-likeness (QED) is 0.753. The molecule has 0 saturated heterocycles. The number of nitrogens with zero attached hydrogens (tertiary/aromatic N) is 1. The summed E-state index contributed by atoms with van der Waals surface area (Å²) in [4.78, 5) is 5.37. The normalized spacial score (nSPS) is 10.8. The Morgan fingerprint density at radius 2 is 2.10 bits per heavy atom. The van der Waals surface area contributed by atoms with E-state index in [1.165, 1.54) is 5.56 Å². The van der Waals surface area contributed by atoms with E-state index in [9.17, 15) is 0 Å². The second-order valence-electron chi connectivity index (χ2n) is 4.32. The van der Waals surface area contributed by atoms with Crippen LogP contribution in [0, 0.1) is 0 Å². The molecule has 20 heavy (non-hydrogen) atoms. The minimum atomic E-state index is 0.679. The summed E-state index contributed by atoms with van der Waals surface area (Å²) < 4.78 is 0. The first kappa shape index (κ1) is 15.6. The Kier molecular flexibility index (Phi) is 6.17. The summed E-state index contributed by atoms with van der Waals surface area (Å²) in [5.41, 5.74) is 1.17. The average Bonchev–Trinajstić information content (AvgIpc) is 2.45. The van der Waals surface area contributed by atoms with Crippen LogP contribution in [-0.2, 0) is 6.54 Å². The maximum Gasteiger partial charge on any atom is 0.105 e. The zero-order valence-corrected chi connectivity index (χ0v) is 13.5. The lowest BCUT2D eigenvalue weighted by Crippen LogP contribution is -2.14. The Hall–Kier alpha value is -0.740. The van der Waals surface area contributed by atoms with Crippen molar-refractivity contribution in [2.24, 2.45) is 0 Å². The predicted octanol–water partition coefficient (Wildman–Crippen LogP) is 5.04. The fraction of sp³-hybridized carbons (Fsp3) is 0.267. The molecule has 0 atom stereocenters. The Labute approximate surface area is 133 Å². The highest BCUT2D eigenvalue weighted by molar-refractivity contribution is 7.99. The highest BCUT2D eigenvalue weighted by Gasteiger charge is 2.08. The minimum absolute atomic E-state index is 0.679. The molecule has 0 aliphatic rings. The van der Waals surface area contributed by atoms with Gasteiger partial charge >= 0.3 is 0 Å². The van der Waals surface area contributed by atoms with E-state index in [0.29, 0.717) is 10.0 Å². The summed E-state index contributed by atoms with van der Waals surface area (Å²) in [5.74, 6) is 0. The lowest BCUT2D eigenvalue weighted by atomic mass is 10.3. The molecule has 2 rings (SSSR count). The van der Waals surface area contributed by atoms with E-state index in [0.717, 1.165) is 29.4 Å². The number of hydrogen-bond acceptors (Lipinski definition) is 3. The molecule has 0 aliphatic carbocycles. The number of halogens is 2. The number of rotatable bonds is 6. The number of pyridine rings is 1. The fourth-order valence-electron chi connectivity index (χ4n) is 1.71. The van der Waals surface area contributed by atoms with E-state index in [-0.39, 0.29) is 0 Å². The van der Waals surface area contributed by atoms with Gasteiger partial charge in [-0.25, -0.2) is 4.98 Å². The summed E-state index contributed by atoms with van der Waals surface area (Å²) in [5, 5.41) is 5.72. The van der Waals surface area contributed by atoms with Crippen LogP contribution in [0.4, 0.5) is 0 Å². The predicted molar refractivity (Wildman–Crippen MR) is 86.8 cm³/mol. The molecular weight excluding hydrogens is 311 g/mol. The average molecular weight is 327 g/mol. The molecule has 0 unspecified atom stereocenters. The van der Waals surface area contributed by atoms with E-state index in [2.05, 4.69) is 23.3 Å². The molecule has 0 spiro atoms. The van der Waals surface area contributed by atoms with Crippen molar-refractivity contribution in [3.63, 3.8) is 0 Å². The second kappa shape index (κ2) is 7.89. The van der Waals surface area contributed by atoms with Crippen LogP contribution in [0.2, 0.25) is 10.0 Å². The first-order valence-corrected chi connectivity index (χ1v) is 8.05. The first-order valence-electron chi connectivity index (χ1n) is 6.48. The van der Waals surface area contributed by atoms with E-state index in [4.69, 9.17) is 23.2 Å². The highest BCUT2D eigenvalue weighted by atomic mass is 35.5. The smallest absolute Gasteiger partial charge is 0.105 e. The SMILES string of the molecule is CCCNCc1cccnc1Sc1cc(Cl)ccc1Cl. The summed E-state index contributed by atoms with van der Waals surface area (Å²) in [6.45, 7) is 3.96. The van der Waals surface area contributed by atoms with Gasteiger partial charge < -0.3 is 5.32 Å². The maximum absolute atomic E-state index is 6.20. The van der Waals surface area contributed by atoms with Gasteiger partial charge in [0.1, 0.15) is 5.03 Å².